The molecule has 0 aromatic heterocycles. The zero-order valence-electron chi connectivity index (χ0n) is 26.3. The molecule has 0 spiro atoms. The van der Waals surface area contributed by atoms with E-state index in [1.54, 1.807) is 6.92 Å². The molecular formula is C31H44Cl2N2O8S2. The van der Waals surface area contributed by atoms with Crippen LogP contribution in [0.3, 0.4) is 0 Å². The van der Waals surface area contributed by atoms with Crippen molar-refractivity contribution in [1.82, 2.24) is 8.61 Å². The third kappa shape index (κ3) is 10.8. The molecule has 0 saturated heterocycles. The van der Waals surface area contributed by atoms with Crippen molar-refractivity contribution in [3.63, 3.8) is 0 Å². The maximum Gasteiger partial charge on any atom is 0.330 e. The number of halogens is 2. The minimum absolute atomic E-state index is 0.0398. The van der Waals surface area contributed by atoms with Gasteiger partial charge in [-0.05, 0) is 99.0 Å². The standard InChI is InChI=1S/C31H44Cl2N2O8S2/c1-6-43-30(38)20-24(5)31(34(17-15-23(4)16-18-36)44(39,40)28-11-7-25(32)8-12-28)35(27(21-37)19-22(2)3)45(41,42)29-13-9-26(33)10-14-29/h7-14,20,22-23,27,31,36-37H,6,15-19,21H2,1-5H3/t23?,27-,31?/m1/s1. The van der Waals surface area contributed by atoms with Gasteiger partial charge >= 0.3 is 5.97 Å². The lowest BCUT2D eigenvalue weighted by atomic mass is 10.0. The molecule has 0 heterocycles. The van der Waals surface area contributed by atoms with E-state index in [4.69, 9.17) is 27.9 Å². The number of carbonyl (C=O) groups excluding carboxylic acids is 1. The van der Waals surface area contributed by atoms with Crippen LogP contribution in [-0.4, -0.2) is 80.2 Å². The molecule has 45 heavy (non-hydrogen) atoms. The Kier molecular flexibility index (Phi) is 15.5. The molecule has 0 fully saturated rings. The van der Waals surface area contributed by atoms with Crippen LogP contribution in [0.2, 0.25) is 10.0 Å². The molecule has 2 unspecified atom stereocenters. The van der Waals surface area contributed by atoms with E-state index in [2.05, 4.69) is 0 Å². The second-order valence-electron chi connectivity index (χ2n) is 11.2. The highest BCUT2D eigenvalue weighted by Gasteiger charge is 2.45. The van der Waals surface area contributed by atoms with Crippen molar-refractivity contribution in [1.29, 1.82) is 0 Å². The highest BCUT2D eigenvalue weighted by atomic mass is 35.5. The van der Waals surface area contributed by atoms with Gasteiger partial charge < -0.3 is 14.9 Å². The van der Waals surface area contributed by atoms with Crippen LogP contribution in [0.15, 0.2) is 70.0 Å². The van der Waals surface area contributed by atoms with Crippen LogP contribution >= 0.6 is 23.2 Å². The minimum Gasteiger partial charge on any atom is -0.463 e. The zero-order chi connectivity index (χ0) is 33.9. The van der Waals surface area contributed by atoms with Gasteiger partial charge in [0.2, 0.25) is 20.0 Å². The van der Waals surface area contributed by atoms with Gasteiger partial charge in [0.15, 0.2) is 0 Å². The molecule has 3 atom stereocenters. The topological polar surface area (TPSA) is 142 Å². The molecule has 2 aromatic carbocycles. The van der Waals surface area contributed by atoms with Crippen molar-refractivity contribution in [2.75, 3.05) is 26.4 Å². The summed E-state index contributed by atoms with van der Waals surface area (Å²) >= 11 is 12.1. The van der Waals surface area contributed by atoms with Crippen LogP contribution in [0.4, 0.5) is 0 Å². The summed E-state index contributed by atoms with van der Waals surface area (Å²) in [5, 5.41) is 20.8. The van der Waals surface area contributed by atoms with Gasteiger partial charge in [-0.2, -0.15) is 8.61 Å². The molecule has 0 radical (unpaired) electrons. The number of ether oxygens (including phenoxy) is 1. The smallest absolute Gasteiger partial charge is 0.330 e. The van der Waals surface area contributed by atoms with Gasteiger partial charge in [0.05, 0.1) is 29.0 Å². The summed E-state index contributed by atoms with van der Waals surface area (Å²) in [5.74, 6) is -1.03. The zero-order valence-corrected chi connectivity index (χ0v) is 29.4. The Bertz CT molecular complexity index is 1480. The van der Waals surface area contributed by atoms with E-state index in [1.807, 2.05) is 20.8 Å². The number of carbonyl (C=O) groups is 1. The van der Waals surface area contributed by atoms with Crippen LogP contribution in [-0.2, 0) is 29.6 Å². The number of hydrogen-bond donors (Lipinski definition) is 2. The fraction of sp³-hybridized carbons (Fsp3) is 0.516. The maximum atomic E-state index is 14.6. The Morgan fingerprint density at radius 3 is 1.84 bits per heavy atom. The average molecular weight is 708 g/mol. The Morgan fingerprint density at radius 2 is 1.40 bits per heavy atom. The first-order chi connectivity index (χ1) is 21.1. The average Bonchev–Trinajstić information content (AvgIpc) is 2.96. The van der Waals surface area contributed by atoms with Crippen LogP contribution in [0.1, 0.15) is 53.9 Å². The van der Waals surface area contributed by atoms with Crippen molar-refractivity contribution in [2.24, 2.45) is 11.8 Å². The summed E-state index contributed by atoms with van der Waals surface area (Å²) in [7, 11) is -9.03. The molecule has 0 aliphatic carbocycles. The highest BCUT2D eigenvalue weighted by Crippen LogP contribution is 2.34. The molecule has 252 valence electrons. The van der Waals surface area contributed by atoms with Gasteiger partial charge in [-0.15, -0.1) is 0 Å². The minimum atomic E-state index is -4.56. The number of hydrogen-bond acceptors (Lipinski definition) is 8. The van der Waals surface area contributed by atoms with E-state index in [0.29, 0.717) is 16.5 Å². The predicted molar refractivity (Wildman–Crippen MR) is 176 cm³/mol. The van der Waals surface area contributed by atoms with Gasteiger partial charge in [-0.3, -0.25) is 0 Å². The molecule has 0 amide bonds. The summed E-state index contributed by atoms with van der Waals surface area (Å²) in [4.78, 5) is 12.4. The van der Waals surface area contributed by atoms with E-state index in [1.165, 1.54) is 55.5 Å². The molecule has 2 rings (SSSR count). The summed E-state index contributed by atoms with van der Waals surface area (Å²) in [6.07, 6.45) is 0.273. The van der Waals surface area contributed by atoms with E-state index in [-0.39, 0.29) is 59.8 Å². The summed E-state index contributed by atoms with van der Waals surface area (Å²) in [6, 6.07) is 9.77. The quantitative estimate of drug-likeness (QED) is 0.120. The lowest BCUT2D eigenvalue weighted by Gasteiger charge is -2.42. The van der Waals surface area contributed by atoms with Gasteiger partial charge in [0.1, 0.15) is 6.17 Å². The van der Waals surface area contributed by atoms with Crippen molar-refractivity contribution in [3.8, 4) is 0 Å². The van der Waals surface area contributed by atoms with E-state index in [9.17, 15) is 31.8 Å². The number of esters is 1. The molecular weight excluding hydrogens is 663 g/mol. The lowest BCUT2D eigenvalue weighted by Crippen LogP contribution is -2.58. The van der Waals surface area contributed by atoms with Crippen LogP contribution in [0.25, 0.3) is 0 Å². The van der Waals surface area contributed by atoms with Gasteiger partial charge in [-0.1, -0.05) is 44.0 Å². The van der Waals surface area contributed by atoms with E-state index < -0.39 is 44.8 Å². The monoisotopic (exact) mass is 706 g/mol. The molecule has 2 N–H and O–H groups in total. The number of sulfonamides is 2. The summed E-state index contributed by atoms with van der Waals surface area (Å²) in [6.45, 7) is 7.72. The number of nitrogens with zero attached hydrogens (tertiary/aromatic N) is 2. The first kappa shape index (κ1) is 39.1. The third-order valence-electron chi connectivity index (χ3n) is 7.14. The molecule has 10 nitrogen and oxygen atoms in total. The summed E-state index contributed by atoms with van der Waals surface area (Å²) < 4.78 is 65.3. The predicted octanol–water partition coefficient (Wildman–Crippen LogP) is 5.33. The second-order valence-corrected chi connectivity index (χ2v) is 15.9. The number of rotatable bonds is 18. The lowest BCUT2D eigenvalue weighted by molar-refractivity contribution is -0.137. The van der Waals surface area contributed by atoms with Crippen molar-refractivity contribution in [3.05, 3.63) is 70.2 Å². The Morgan fingerprint density at radius 1 is 0.889 bits per heavy atom. The maximum absolute atomic E-state index is 14.6. The van der Waals surface area contributed by atoms with E-state index >= 15 is 0 Å². The Labute approximate surface area is 277 Å². The molecule has 2 aromatic rings. The van der Waals surface area contributed by atoms with E-state index in [0.717, 1.165) is 14.7 Å². The Balaban J connectivity index is 3.02. The molecule has 0 aliphatic rings. The normalized spacial score (nSPS) is 15.0. The molecule has 0 saturated carbocycles. The molecule has 14 heteroatoms. The highest BCUT2D eigenvalue weighted by molar-refractivity contribution is 7.90. The second kappa shape index (κ2) is 17.8. The number of aliphatic hydroxyl groups excluding tert-OH is 2. The van der Waals surface area contributed by atoms with Gasteiger partial charge in [-0.25, -0.2) is 21.6 Å². The Hall–Kier alpha value is -2.03. The third-order valence-corrected chi connectivity index (χ3v) is 11.4. The van der Waals surface area contributed by atoms with Crippen molar-refractivity contribution in [2.45, 2.75) is 75.9 Å². The van der Waals surface area contributed by atoms with Crippen LogP contribution in [0, 0.1) is 11.8 Å². The van der Waals surface area contributed by atoms with Crippen LogP contribution in [0.5, 0.6) is 0 Å². The number of benzene rings is 2. The fourth-order valence-electron chi connectivity index (χ4n) is 4.89. The molecule has 0 bridgehead atoms. The van der Waals surface area contributed by atoms with Crippen molar-refractivity contribution >= 4 is 49.2 Å². The van der Waals surface area contributed by atoms with Gasteiger partial charge in [0.25, 0.3) is 0 Å². The number of aliphatic hydroxyl groups is 2. The van der Waals surface area contributed by atoms with Crippen LogP contribution < -0.4 is 0 Å². The largest absolute Gasteiger partial charge is 0.463 e. The first-order valence-electron chi connectivity index (χ1n) is 14.7. The fourth-order valence-corrected chi connectivity index (χ4v) is 8.64. The SMILES string of the molecule is CCOC(=O)C=C(C)C(N(CCC(C)CCO)S(=O)(=O)c1ccc(Cl)cc1)N([C@@H](CO)CC(C)C)S(=O)(=O)c1ccc(Cl)cc1. The first-order valence-corrected chi connectivity index (χ1v) is 18.4. The summed E-state index contributed by atoms with van der Waals surface area (Å²) in [5.41, 5.74) is 0.0561. The molecule has 0 aliphatic heterocycles. The van der Waals surface area contributed by atoms with Gasteiger partial charge in [0, 0.05) is 29.3 Å². The van der Waals surface area contributed by atoms with Crippen molar-refractivity contribution < 1.29 is 36.6 Å².